The highest BCUT2D eigenvalue weighted by Gasteiger charge is 2.16. The summed E-state index contributed by atoms with van der Waals surface area (Å²) in [6, 6.07) is 9.50. The third-order valence-corrected chi connectivity index (χ3v) is 4.83. The van der Waals surface area contributed by atoms with Crippen molar-refractivity contribution in [2.45, 2.75) is 50.4 Å². The Hall–Kier alpha value is -1.19. The van der Waals surface area contributed by atoms with E-state index in [-0.39, 0.29) is 5.44 Å². The molecule has 0 bridgehead atoms. The van der Waals surface area contributed by atoms with Crippen molar-refractivity contribution >= 4 is 10.8 Å². The van der Waals surface area contributed by atoms with Crippen LogP contribution in [0.1, 0.15) is 40.0 Å². The molecular formula is C18H26O2S. The molecule has 0 aromatic heterocycles. The molecule has 116 valence electrons. The van der Waals surface area contributed by atoms with Crippen molar-refractivity contribution in [3.05, 3.63) is 53.6 Å². The fourth-order valence-electron chi connectivity index (χ4n) is 1.97. The lowest BCUT2D eigenvalue weighted by molar-refractivity contribution is 0.171. The van der Waals surface area contributed by atoms with Gasteiger partial charge in [-0.3, -0.25) is 4.21 Å². The number of allylic oxidation sites excluding steroid dienone is 3. The van der Waals surface area contributed by atoms with E-state index in [2.05, 4.69) is 32.9 Å². The average molecular weight is 306 g/mol. The van der Waals surface area contributed by atoms with Gasteiger partial charge in [0, 0.05) is 18.4 Å². The summed E-state index contributed by atoms with van der Waals surface area (Å²) in [6.45, 7) is 6.35. The van der Waals surface area contributed by atoms with Crippen molar-refractivity contribution < 1.29 is 8.95 Å². The second-order valence-electron chi connectivity index (χ2n) is 5.38. The summed E-state index contributed by atoms with van der Waals surface area (Å²) in [4.78, 5) is 0.819. The molecule has 1 rings (SSSR count). The third kappa shape index (κ3) is 6.87. The molecule has 0 amide bonds. The standard InChI is InChI=1S/C18H26O2S/c1-15(2)9-8-10-16(3)13-14-18(20-4)21(19)17-11-6-5-7-12-17/h5-7,9,11-13,18H,8,10,14H2,1-4H3/b16-13+. The van der Waals surface area contributed by atoms with Crippen LogP contribution in [0.4, 0.5) is 0 Å². The van der Waals surface area contributed by atoms with E-state index in [1.54, 1.807) is 7.11 Å². The molecule has 2 nitrogen and oxygen atoms in total. The lowest BCUT2D eigenvalue weighted by atomic mass is 10.1. The summed E-state index contributed by atoms with van der Waals surface area (Å²) in [7, 11) is 0.493. The highest BCUT2D eigenvalue weighted by atomic mass is 32.2. The van der Waals surface area contributed by atoms with Gasteiger partial charge in [-0.2, -0.15) is 0 Å². The first kappa shape index (κ1) is 17.9. The second kappa shape index (κ2) is 9.69. The zero-order valence-corrected chi connectivity index (χ0v) is 14.3. The van der Waals surface area contributed by atoms with E-state index >= 15 is 0 Å². The van der Waals surface area contributed by atoms with Gasteiger partial charge < -0.3 is 4.74 Å². The number of benzene rings is 1. The molecule has 21 heavy (non-hydrogen) atoms. The molecule has 0 aliphatic rings. The van der Waals surface area contributed by atoms with Crippen molar-refractivity contribution in [1.29, 1.82) is 0 Å². The monoisotopic (exact) mass is 306 g/mol. The summed E-state index contributed by atoms with van der Waals surface area (Å²) in [5.74, 6) is 0. The maximum Gasteiger partial charge on any atom is 0.140 e. The van der Waals surface area contributed by atoms with Gasteiger partial charge >= 0.3 is 0 Å². The zero-order valence-electron chi connectivity index (χ0n) is 13.5. The smallest absolute Gasteiger partial charge is 0.140 e. The van der Waals surface area contributed by atoms with Crippen molar-refractivity contribution in [3.8, 4) is 0 Å². The molecule has 0 aliphatic carbocycles. The van der Waals surface area contributed by atoms with E-state index in [4.69, 9.17) is 4.74 Å². The van der Waals surface area contributed by atoms with Crippen molar-refractivity contribution in [2.75, 3.05) is 7.11 Å². The van der Waals surface area contributed by atoms with Crippen LogP contribution in [0.25, 0.3) is 0 Å². The van der Waals surface area contributed by atoms with Crippen LogP contribution in [0.5, 0.6) is 0 Å². The SMILES string of the molecule is COC(C/C=C(\C)CCC=C(C)C)S(=O)c1ccccc1. The van der Waals surface area contributed by atoms with Crippen molar-refractivity contribution in [2.24, 2.45) is 0 Å². The van der Waals surface area contributed by atoms with Gasteiger partial charge in [0.2, 0.25) is 0 Å². The Kier molecular flexibility index (Phi) is 8.24. The molecule has 3 heteroatoms. The molecule has 0 spiro atoms. The molecule has 0 heterocycles. The molecule has 0 fully saturated rings. The Morgan fingerprint density at radius 3 is 2.43 bits per heavy atom. The first-order chi connectivity index (χ1) is 10.0. The highest BCUT2D eigenvalue weighted by molar-refractivity contribution is 7.85. The van der Waals surface area contributed by atoms with Crippen LogP contribution in [-0.4, -0.2) is 16.8 Å². The maximum absolute atomic E-state index is 12.4. The van der Waals surface area contributed by atoms with Gasteiger partial charge in [-0.05, 0) is 45.7 Å². The predicted octanol–water partition coefficient (Wildman–Crippen LogP) is 4.85. The quantitative estimate of drug-likeness (QED) is 0.642. The minimum atomic E-state index is -1.13. The molecule has 1 aromatic carbocycles. The van der Waals surface area contributed by atoms with Crippen LogP contribution in [0, 0.1) is 0 Å². The fraction of sp³-hybridized carbons (Fsp3) is 0.444. The summed E-state index contributed by atoms with van der Waals surface area (Å²) in [6.07, 6.45) is 7.17. The van der Waals surface area contributed by atoms with Crippen LogP contribution in [0.2, 0.25) is 0 Å². The Labute approximate surface area is 131 Å². The second-order valence-corrected chi connectivity index (χ2v) is 6.97. The Morgan fingerprint density at radius 1 is 1.19 bits per heavy atom. The summed E-state index contributed by atoms with van der Waals surface area (Å²) < 4.78 is 17.8. The highest BCUT2D eigenvalue weighted by Crippen LogP contribution is 2.16. The fourth-order valence-corrected chi connectivity index (χ4v) is 3.14. The van der Waals surface area contributed by atoms with E-state index in [1.165, 1.54) is 11.1 Å². The van der Waals surface area contributed by atoms with Gasteiger partial charge in [0.25, 0.3) is 0 Å². The zero-order chi connectivity index (χ0) is 15.7. The third-order valence-electron chi connectivity index (χ3n) is 3.23. The molecule has 1 aromatic rings. The number of hydrogen-bond acceptors (Lipinski definition) is 2. The minimum Gasteiger partial charge on any atom is -0.367 e. The topological polar surface area (TPSA) is 26.3 Å². The summed E-state index contributed by atoms with van der Waals surface area (Å²) in [5.41, 5.74) is 2.38. The van der Waals surface area contributed by atoms with Gasteiger partial charge in [-0.1, -0.05) is 41.5 Å². The summed E-state index contributed by atoms with van der Waals surface area (Å²) in [5, 5.41) is 0. The van der Waals surface area contributed by atoms with Gasteiger partial charge in [0.05, 0.1) is 10.8 Å². The predicted molar refractivity (Wildman–Crippen MR) is 90.7 cm³/mol. The first-order valence-corrected chi connectivity index (χ1v) is 8.53. The van der Waals surface area contributed by atoms with Gasteiger partial charge in [-0.15, -0.1) is 0 Å². The van der Waals surface area contributed by atoms with Crippen LogP contribution in [0.3, 0.4) is 0 Å². The number of ether oxygens (including phenoxy) is 1. The van der Waals surface area contributed by atoms with Crippen molar-refractivity contribution in [1.82, 2.24) is 0 Å². The lowest BCUT2D eigenvalue weighted by Gasteiger charge is -2.13. The largest absolute Gasteiger partial charge is 0.367 e. The van der Waals surface area contributed by atoms with E-state index < -0.39 is 10.8 Å². The molecule has 0 N–H and O–H groups in total. The molecule has 0 saturated heterocycles. The van der Waals surface area contributed by atoms with E-state index in [0.29, 0.717) is 6.42 Å². The number of methoxy groups -OCH3 is 1. The molecule has 2 atom stereocenters. The number of hydrogen-bond donors (Lipinski definition) is 0. The van der Waals surface area contributed by atoms with Crippen LogP contribution < -0.4 is 0 Å². The van der Waals surface area contributed by atoms with E-state index in [0.717, 1.165) is 17.7 Å². The minimum absolute atomic E-state index is 0.286. The normalized spacial score (nSPS) is 14.6. The van der Waals surface area contributed by atoms with Crippen molar-refractivity contribution in [3.63, 3.8) is 0 Å². The molecular weight excluding hydrogens is 280 g/mol. The van der Waals surface area contributed by atoms with Crippen LogP contribution >= 0.6 is 0 Å². The van der Waals surface area contributed by atoms with E-state index in [1.807, 2.05) is 30.3 Å². The summed E-state index contributed by atoms with van der Waals surface area (Å²) >= 11 is 0. The molecule has 2 unspecified atom stereocenters. The molecule has 0 saturated carbocycles. The molecule has 0 aliphatic heterocycles. The Balaban J connectivity index is 2.58. The van der Waals surface area contributed by atoms with Gasteiger partial charge in [0.1, 0.15) is 5.44 Å². The Bertz CT molecular complexity index is 499. The lowest BCUT2D eigenvalue weighted by Crippen LogP contribution is -2.16. The molecule has 0 radical (unpaired) electrons. The van der Waals surface area contributed by atoms with Gasteiger partial charge in [0.15, 0.2) is 0 Å². The maximum atomic E-state index is 12.4. The van der Waals surface area contributed by atoms with Gasteiger partial charge in [-0.25, -0.2) is 0 Å². The average Bonchev–Trinajstić information content (AvgIpc) is 2.48. The van der Waals surface area contributed by atoms with Crippen LogP contribution in [-0.2, 0) is 15.5 Å². The Morgan fingerprint density at radius 2 is 1.86 bits per heavy atom. The number of rotatable bonds is 8. The first-order valence-electron chi connectivity index (χ1n) is 7.32. The van der Waals surface area contributed by atoms with Crippen LogP contribution in [0.15, 0.2) is 58.5 Å². The van der Waals surface area contributed by atoms with E-state index in [9.17, 15) is 4.21 Å².